The summed E-state index contributed by atoms with van der Waals surface area (Å²) in [4.78, 5) is 0. The van der Waals surface area contributed by atoms with Gasteiger partial charge < -0.3 is 14.6 Å². The van der Waals surface area contributed by atoms with Crippen molar-refractivity contribution in [3.63, 3.8) is 0 Å². The summed E-state index contributed by atoms with van der Waals surface area (Å²) in [7, 11) is 1.38. The SMILES string of the molecule is CCC(O)c1cc(OC(F)(F)F)ccc1OC. The molecule has 1 N–H and O–H groups in total. The number of aliphatic hydroxyl groups excluding tert-OH is 1. The molecule has 1 unspecified atom stereocenters. The van der Waals surface area contributed by atoms with Crippen molar-refractivity contribution in [1.29, 1.82) is 0 Å². The maximum absolute atomic E-state index is 12.0. The first kappa shape index (κ1) is 13.6. The first-order chi connectivity index (χ1) is 7.87. The van der Waals surface area contributed by atoms with Crippen molar-refractivity contribution in [3.05, 3.63) is 23.8 Å². The molecule has 0 aliphatic rings. The van der Waals surface area contributed by atoms with Crippen LogP contribution in [0.5, 0.6) is 11.5 Å². The maximum Gasteiger partial charge on any atom is 0.573 e. The summed E-state index contributed by atoms with van der Waals surface area (Å²) in [5, 5.41) is 9.65. The van der Waals surface area contributed by atoms with E-state index in [1.54, 1.807) is 6.92 Å². The van der Waals surface area contributed by atoms with E-state index in [-0.39, 0.29) is 11.3 Å². The molecule has 0 aliphatic carbocycles. The number of methoxy groups -OCH3 is 1. The average molecular weight is 250 g/mol. The van der Waals surface area contributed by atoms with Crippen LogP contribution in [0.4, 0.5) is 13.2 Å². The highest BCUT2D eigenvalue weighted by molar-refractivity contribution is 5.41. The van der Waals surface area contributed by atoms with Gasteiger partial charge >= 0.3 is 6.36 Å². The second-order valence-corrected chi connectivity index (χ2v) is 3.38. The topological polar surface area (TPSA) is 38.7 Å². The number of rotatable bonds is 4. The Kier molecular flexibility index (Phi) is 4.22. The van der Waals surface area contributed by atoms with Crippen LogP contribution in [0.15, 0.2) is 18.2 Å². The molecular weight excluding hydrogens is 237 g/mol. The van der Waals surface area contributed by atoms with Crippen LogP contribution in [0.1, 0.15) is 25.0 Å². The van der Waals surface area contributed by atoms with Crippen molar-refractivity contribution in [1.82, 2.24) is 0 Å². The van der Waals surface area contributed by atoms with Gasteiger partial charge in [-0.2, -0.15) is 0 Å². The van der Waals surface area contributed by atoms with Gasteiger partial charge in [0.25, 0.3) is 0 Å². The van der Waals surface area contributed by atoms with Crippen LogP contribution in [0.3, 0.4) is 0 Å². The van der Waals surface area contributed by atoms with Gasteiger partial charge in [0.05, 0.1) is 13.2 Å². The van der Waals surface area contributed by atoms with Gasteiger partial charge in [0.2, 0.25) is 0 Å². The molecule has 3 nitrogen and oxygen atoms in total. The summed E-state index contributed by atoms with van der Waals surface area (Å²) in [6, 6.07) is 3.59. The highest BCUT2D eigenvalue weighted by Gasteiger charge is 2.31. The van der Waals surface area contributed by atoms with E-state index in [0.717, 1.165) is 12.1 Å². The normalized spacial score (nSPS) is 13.3. The van der Waals surface area contributed by atoms with E-state index in [4.69, 9.17) is 4.74 Å². The smallest absolute Gasteiger partial charge is 0.496 e. The molecule has 0 saturated heterocycles. The minimum absolute atomic E-state index is 0.275. The first-order valence-electron chi connectivity index (χ1n) is 4.99. The second kappa shape index (κ2) is 5.27. The molecule has 1 aromatic carbocycles. The lowest BCUT2D eigenvalue weighted by Gasteiger charge is -2.15. The zero-order valence-corrected chi connectivity index (χ0v) is 9.41. The summed E-state index contributed by atoms with van der Waals surface area (Å²) in [5.74, 6) is -0.0466. The summed E-state index contributed by atoms with van der Waals surface area (Å²) in [6.07, 6.45) is -5.27. The molecule has 1 atom stereocenters. The average Bonchev–Trinajstić information content (AvgIpc) is 2.25. The third-order valence-corrected chi connectivity index (χ3v) is 2.18. The lowest BCUT2D eigenvalue weighted by molar-refractivity contribution is -0.274. The van der Waals surface area contributed by atoms with E-state index >= 15 is 0 Å². The Hall–Kier alpha value is -1.43. The Balaban J connectivity index is 3.04. The molecule has 1 rings (SSSR count). The van der Waals surface area contributed by atoms with E-state index in [0.29, 0.717) is 12.2 Å². The lowest BCUT2D eigenvalue weighted by atomic mass is 10.1. The first-order valence-corrected chi connectivity index (χ1v) is 4.99. The minimum atomic E-state index is -4.75. The van der Waals surface area contributed by atoms with Gasteiger partial charge in [-0.1, -0.05) is 6.92 Å². The van der Waals surface area contributed by atoms with Crippen molar-refractivity contribution < 1.29 is 27.8 Å². The van der Waals surface area contributed by atoms with Crippen molar-refractivity contribution in [2.75, 3.05) is 7.11 Å². The molecule has 1 aromatic rings. The standard InChI is InChI=1S/C11H13F3O3/c1-3-9(15)8-6-7(17-11(12,13)14)4-5-10(8)16-2/h4-6,9,15H,3H2,1-2H3. The van der Waals surface area contributed by atoms with Gasteiger partial charge in [0.1, 0.15) is 11.5 Å². The number of aliphatic hydroxyl groups is 1. The summed E-state index contributed by atoms with van der Waals surface area (Å²) < 4.78 is 44.8. The predicted molar refractivity (Wildman–Crippen MR) is 54.9 cm³/mol. The molecule has 0 amide bonds. The Bertz CT molecular complexity index is 377. The third kappa shape index (κ3) is 3.81. The molecule has 0 spiro atoms. The molecule has 0 radical (unpaired) electrons. The van der Waals surface area contributed by atoms with Crippen LogP contribution in [0.25, 0.3) is 0 Å². The van der Waals surface area contributed by atoms with Crippen molar-refractivity contribution in [2.24, 2.45) is 0 Å². The van der Waals surface area contributed by atoms with Crippen LogP contribution in [-0.2, 0) is 0 Å². The highest BCUT2D eigenvalue weighted by Crippen LogP contribution is 2.32. The third-order valence-electron chi connectivity index (χ3n) is 2.18. The number of ether oxygens (including phenoxy) is 2. The van der Waals surface area contributed by atoms with Crippen LogP contribution in [0.2, 0.25) is 0 Å². The van der Waals surface area contributed by atoms with Gasteiger partial charge in [-0.25, -0.2) is 0 Å². The number of halogens is 3. The van der Waals surface area contributed by atoms with Crippen molar-refractivity contribution in [3.8, 4) is 11.5 Å². The van der Waals surface area contributed by atoms with Gasteiger partial charge in [-0.05, 0) is 24.6 Å². The van der Waals surface area contributed by atoms with Gasteiger partial charge in [0.15, 0.2) is 0 Å². The number of hydrogen-bond donors (Lipinski definition) is 1. The van der Waals surface area contributed by atoms with Gasteiger partial charge in [-0.3, -0.25) is 0 Å². The molecule has 0 bridgehead atoms. The molecule has 0 aliphatic heterocycles. The second-order valence-electron chi connectivity index (χ2n) is 3.38. The maximum atomic E-state index is 12.0. The fourth-order valence-electron chi connectivity index (χ4n) is 1.39. The van der Waals surface area contributed by atoms with Crippen molar-refractivity contribution in [2.45, 2.75) is 25.8 Å². The zero-order chi connectivity index (χ0) is 13.1. The van der Waals surface area contributed by atoms with Crippen LogP contribution >= 0.6 is 0 Å². The number of hydrogen-bond acceptors (Lipinski definition) is 3. The van der Waals surface area contributed by atoms with E-state index in [1.807, 2.05) is 0 Å². The number of alkyl halides is 3. The monoisotopic (exact) mass is 250 g/mol. The van der Waals surface area contributed by atoms with E-state index < -0.39 is 12.5 Å². The zero-order valence-electron chi connectivity index (χ0n) is 9.41. The van der Waals surface area contributed by atoms with Crippen molar-refractivity contribution >= 4 is 0 Å². The molecule has 6 heteroatoms. The molecular formula is C11H13F3O3. The Morgan fingerprint density at radius 1 is 1.35 bits per heavy atom. The molecule has 0 heterocycles. The number of benzene rings is 1. The van der Waals surface area contributed by atoms with E-state index in [1.165, 1.54) is 13.2 Å². The summed E-state index contributed by atoms with van der Waals surface area (Å²) in [6.45, 7) is 1.71. The molecule has 0 fully saturated rings. The highest BCUT2D eigenvalue weighted by atomic mass is 19.4. The minimum Gasteiger partial charge on any atom is -0.496 e. The van der Waals surface area contributed by atoms with Crippen LogP contribution < -0.4 is 9.47 Å². The Morgan fingerprint density at radius 2 is 2.00 bits per heavy atom. The molecule has 96 valence electrons. The van der Waals surface area contributed by atoms with Gasteiger partial charge in [-0.15, -0.1) is 13.2 Å². The Morgan fingerprint density at radius 3 is 2.47 bits per heavy atom. The predicted octanol–water partition coefficient (Wildman–Crippen LogP) is 3.04. The van der Waals surface area contributed by atoms with E-state index in [2.05, 4.69) is 4.74 Å². The van der Waals surface area contributed by atoms with Crippen LogP contribution in [0, 0.1) is 0 Å². The summed E-state index contributed by atoms with van der Waals surface area (Å²) in [5.41, 5.74) is 0.275. The molecule has 0 saturated carbocycles. The molecule has 17 heavy (non-hydrogen) atoms. The molecule has 0 aromatic heterocycles. The van der Waals surface area contributed by atoms with E-state index in [9.17, 15) is 18.3 Å². The quantitative estimate of drug-likeness (QED) is 0.892. The largest absolute Gasteiger partial charge is 0.573 e. The lowest BCUT2D eigenvalue weighted by Crippen LogP contribution is -2.17. The Labute approximate surface area is 96.8 Å². The van der Waals surface area contributed by atoms with Gasteiger partial charge in [0, 0.05) is 5.56 Å². The summed E-state index contributed by atoms with van der Waals surface area (Å²) >= 11 is 0. The van der Waals surface area contributed by atoms with Crippen LogP contribution in [-0.4, -0.2) is 18.6 Å². The fraction of sp³-hybridized carbons (Fsp3) is 0.455. The fourth-order valence-corrected chi connectivity index (χ4v) is 1.39.